The molecule has 1 N–H and O–H groups in total. The molecule has 4 aromatic rings. The molecular formula is C22H18N4O3S. The summed E-state index contributed by atoms with van der Waals surface area (Å²) in [6.45, 7) is 1.85. The summed E-state index contributed by atoms with van der Waals surface area (Å²) in [5.74, 6) is 0.697. The van der Waals surface area contributed by atoms with Gasteiger partial charge in [0, 0.05) is 16.5 Å². The summed E-state index contributed by atoms with van der Waals surface area (Å²) >= 11 is 1.28. The number of nitrogens with one attached hydrogen (secondary N) is 1. The van der Waals surface area contributed by atoms with E-state index in [1.54, 1.807) is 38.5 Å². The van der Waals surface area contributed by atoms with Crippen LogP contribution in [-0.4, -0.2) is 35.0 Å². The van der Waals surface area contributed by atoms with Crippen molar-refractivity contribution in [2.24, 2.45) is 0 Å². The van der Waals surface area contributed by atoms with E-state index in [2.05, 4.69) is 21.0 Å². The first-order chi connectivity index (χ1) is 14.5. The molecule has 8 heteroatoms. The summed E-state index contributed by atoms with van der Waals surface area (Å²) in [5.41, 5.74) is 3.47. The molecule has 7 nitrogen and oxygen atoms in total. The summed E-state index contributed by atoms with van der Waals surface area (Å²) in [7, 11) is 3.14. The second-order valence-electron chi connectivity index (χ2n) is 6.62. The van der Waals surface area contributed by atoms with Crippen LogP contribution in [0.4, 0.5) is 0 Å². The molecule has 0 radical (unpaired) electrons. The molecule has 0 aliphatic rings. The van der Waals surface area contributed by atoms with E-state index in [0.29, 0.717) is 27.8 Å². The van der Waals surface area contributed by atoms with Crippen LogP contribution in [0.5, 0.6) is 11.5 Å². The van der Waals surface area contributed by atoms with Crippen LogP contribution >= 0.6 is 11.3 Å². The van der Waals surface area contributed by atoms with Crippen LogP contribution in [0.1, 0.15) is 27.1 Å². The Morgan fingerprint density at radius 2 is 1.93 bits per heavy atom. The van der Waals surface area contributed by atoms with Crippen molar-refractivity contribution in [2.45, 2.75) is 12.8 Å². The van der Waals surface area contributed by atoms with Crippen LogP contribution in [0.25, 0.3) is 22.3 Å². The molecule has 0 amide bonds. The van der Waals surface area contributed by atoms with E-state index < -0.39 is 5.92 Å². The molecule has 0 aliphatic carbocycles. The van der Waals surface area contributed by atoms with Gasteiger partial charge in [-0.05, 0) is 43.3 Å². The number of methoxy groups -OCH3 is 2. The van der Waals surface area contributed by atoms with E-state index in [4.69, 9.17) is 9.47 Å². The zero-order chi connectivity index (χ0) is 21.3. The average molecular weight is 418 g/mol. The van der Waals surface area contributed by atoms with E-state index in [-0.39, 0.29) is 5.78 Å². The molecule has 1 atom stereocenters. The van der Waals surface area contributed by atoms with Gasteiger partial charge < -0.3 is 14.5 Å². The summed E-state index contributed by atoms with van der Waals surface area (Å²) in [6, 6.07) is 12.8. The van der Waals surface area contributed by atoms with Gasteiger partial charge in [-0.1, -0.05) is 0 Å². The number of aromatic amines is 1. The second kappa shape index (κ2) is 7.97. The number of rotatable bonds is 6. The fourth-order valence-electron chi connectivity index (χ4n) is 3.23. The highest BCUT2D eigenvalue weighted by atomic mass is 32.1. The normalized spacial score (nSPS) is 11.8. The number of aryl methyl sites for hydroxylation is 1. The number of carbonyl (C=O) groups excluding carboxylic acids is 1. The molecule has 0 bridgehead atoms. The molecule has 0 fully saturated rings. The fourth-order valence-corrected chi connectivity index (χ4v) is 4.10. The lowest BCUT2D eigenvalue weighted by Gasteiger charge is -2.08. The van der Waals surface area contributed by atoms with Gasteiger partial charge in [0.1, 0.15) is 10.8 Å². The molecule has 0 saturated carbocycles. The number of Topliss-reactive ketones (excluding diaryl/α,β-unsaturated/α-hetero) is 1. The lowest BCUT2D eigenvalue weighted by atomic mass is 9.99. The predicted octanol–water partition coefficient (Wildman–Crippen LogP) is 4.50. The van der Waals surface area contributed by atoms with Crippen LogP contribution in [0.3, 0.4) is 0 Å². The number of nitriles is 1. The Bertz CT molecular complexity index is 1290. The van der Waals surface area contributed by atoms with Crippen molar-refractivity contribution in [3.8, 4) is 28.8 Å². The van der Waals surface area contributed by atoms with Gasteiger partial charge in [0.25, 0.3) is 0 Å². The lowest BCUT2D eigenvalue weighted by Crippen LogP contribution is -2.11. The molecule has 2 aromatic carbocycles. The van der Waals surface area contributed by atoms with Gasteiger partial charge in [-0.25, -0.2) is 9.97 Å². The third-order valence-electron chi connectivity index (χ3n) is 4.72. The molecule has 2 aromatic heterocycles. The van der Waals surface area contributed by atoms with E-state index in [1.165, 1.54) is 11.3 Å². The molecule has 0 spiro atoms. The standard InChI is InChI=1S/C22H18N4O3S/c1-12-24-16-6-4-14(8-17(16)25-12)21(27)15(10-23)22-26-18(11-30-22)13-5-7-19(28-2)20(9-13)29-3/h4-9,11,15H,1-3H3,(H,24,25). The minimum absolute atomic E-state index is 0.292. The van der Waals surface area contributed by atoms with Crippen molar-refractivity contribution in [2.75, 3.05) is 14.2 Å². The van der Waals surface area contributed by atoms with Crippen molar-refractivity contribution >= 4 is 28.2 Å². The minimum Gasteiger partial charge on any atom is -0.493 e. The number of nitrogens with zero attached hydrogens (tertiary/aromatic N) is 3. The van der Waals surface area contributed by atoms with Crippen LogP contribution in [0.2, 0.25) is 0 Å². The summed E-state index contributed by atoms with van der Waals surface area (Å²) < 4.78 is 10.6. The molecular weight excluding hydrogens is 400 g/mol. The van der Waals surface area contributed by atoms with Crippen LogP contribution in [-0.2, 0) is 0 Å². The number of thiazole rings is 1. The van der Waals surface area contributed by atoms with Crippen molar-refractivity contribution in [3.63, 3.8) is 0 Å². The molecule has 30 heavy (non-hydrogen) atoms. The molecule has 1 unspecified atom stereocenters. The number of hydrogen-bond acceptors (Lipinski definition) is 7. The second-order valence-corrected chi connectivity index (χ2v) is 7.51. The lowest BCUT2D eigenvalue weighted by molar-refractivity contribution is 0.0979. The van der Waals surface area contributed by atoms with Crippen molar-refractivity contribution in [3.05, 3.63) is 58.2 Å². The van der Waals surface area contributed by atoms with Gasteiger partial charge in [0.15, 0.2) is 23.2 Å². The Kier molecular flexibility index (Phi) is 5.21. The van der Waals surface area contributed by atoms with E-state index in [0.717, 1.165) is 22.4 Å². The topological polar surface area (TPSA) is 101 Å². The Balaban J connectivity index is 1.65. The highest BCUT2D eigenvalue weighted by Crippen LogP contribution is 2.34. The van der Waals surface area contributed by atoms with Crippen molar-refractivity contribution in [1.29, 1.82) is 5.26 Å². The van der Waals surface area contributed by atoms with E-state index >= 15 is 0 Å². The first-order valence-electron chi connectivity index (χ1n) is 9.12. The predicted molar refractivity (Wildman–Crippen MR) is 114 cm³/mol. The molecule has 4 rings (SSSR count). The minimum atomic E-state index is -0.981. The number of fused-ring (bicyclic) bond motifs is 1. The summed E-state index contributed by atoms with van der Waals surface area (Å²) in [4.78, 5) is 25.0. The number of imidazole rings is 1. The third-order valence-corrected chi connectivity index (χ3v) is 5.63. The maximum atomic E-state index is 13.0. The molecule has 0 aliphatic heterocycles. The Labute approximate surface area is 176 Å². The van der Waals surface area contributed by atoms with E-state index in [9.17, 15) is 10.1 Å². The zero-order valence-corrected chi connectivity index (χ0v) is 17.4. The van der Waals surface area contributed by atoms with Gasteiger partial charge in [-0.2, -0.15) is 5.26 Å². The SMILES string of the molecule is COc1ccc(-c2csc(C(C#N)C(=O)c3ccc4nc(C)[nH]c4c3)n2)cc1OC. The van der Waals surface area contributed by atoms with Gasteiger partial charge in [0.2, 0.25) is 0 Å². The van der Waals surface area contributed by atoms with E-state index in [1.807, 2.05) is 24.4 Å². The van der Waals surface area contributed by atoms with Crippen molar-refractivity contribution in [1.82, 2.24) is 15.0 Å². The maximum absolute atomic E-state index is 13.0. The Hall–Kier alpha value is -3.70. The van der Waals surface area contributed by atoms with Gasteiger partial charge >= 0.3 is 0 Å². The molecule has 150 valence electrons. The highest BCUT2D eigenvalue weighted by Gasteiger charge is 2.26. The number of benzene rings is 2. The maximum Gasteiger partial charge on any atom is 0.187 e. The Morgan fingerprint density at radius 3 is 2.67 bits per heavy atom. The number of ether oxygens (including phenoxy) is 2. The molecule has 2 heterocycles. The smallest absolute Gasteiger partial charge is 0.187 e. The summed E-state index contributed by atoms with van der Waals surface area (Å²) in [6.07, 6.45) is 0. The number of ketones is 1. The summed E-state index contributed by atoms with van der Waals surface area (Å²) in [5, 5.41) is 12.0. The van der Waals surface area contributed by atoms with Gasteiger partial charge in [-0.15, -0.1) is 11.3 Å². The largest absolute Gasteiger partial charge is 0.493 e. The van der Waals surface area contributed by atoms with Gasteiger partial charge in [0.05, 0.1) is 37.0 Å². The van der Waals surface area contributed by atoms with Crippen LogP contribution in [0, 0.1) is 18.3 Å². The Morgan fingerprint density at radius 1 is 1.13 bits per heavy atom. The number of carbonyl (C=O) groups is 1. The monoisotopic (exact) mass is 418 g/mol. The zero-order valence-electron chi connectivity index (χ0n) is 16.6. The van der Waals surface area contributed by atoms with Gasteiger partial charge in [-0.3, -0.25) is 4.79 Å². The number of aromatic nitrogens is 3. The molecule has 0 saturated heterocycles. The fraction of sp³-hybridized carbons (Fsp3) is 0.182. The van der Waals surface area contributed by atoms with Crippen molar-refractivity contribution < 1.29 is 14.3 Å². The first-order valence-corrected chi connectivity index (χ1v) is 10.00. The highest BCUT2D eigenvalue weighted by molar-refractivity contribution is 7.10. The first kappa shape index (κ1) is 19.6. The van der Waals surface area contributed by atoms with Crippen LogP contribution < -0.4 is 9.47 Å². The third kappa shape index (κ3) is 3.51. The number of hydrogen-bond donors (Lipinski definition) is 1. The number of H-pyrrole nitrogens is 1. The van der Waals surface area contributed by atoms with Crippen LogP contribution in [0.15, 0.2) is 41.8 Å². The average Bonchev–Trinajstić information content (AvgIpc) is 3.39. The quantitative estimate of drug-likeness (QED) is 0.463.